The molecule has 2 amide bonds. The predicted octanol–water partition coefficient (Wildman–Crippen LogP) is 4.05. The number of nitrogens with zero attached hydrogens (tertiary/aromatic N) is 1. The van der Waals surface area contributed by atoms with E-state index in [2.05, 4.69) is 41.7 Å². The van der Waals surface area contributed by atoms with E-state index in [1.165, 1.54) is 5.56 Å². The van der Waals surface area contributed by atoms with Crippen LogP contribution in [0.2, 0.25) is 0 Å². The Bertz CT molecular complexity index is 818. The Hall–Kier alpha value is -2.62. The van der Waals surface area contributed by atoms with E-state index < -0.39 is 5.41 Å². The lowest BCUT2D eigenvalue weighted by Crippen LogP contribution is -2.54. The molecule has 4 heteroatoms. The number of piperidine rings is 1. The maximum atomic E-state index is 13.1. The SMILES string of the molecule is CCNC(=O)C1(Cc2cccc(-c3ccccc3)c2)CCCN(C(=O)CC)C1. The molecule has 0 spiro atoms. The molecule has 28 heavy (non-hydrogen) atoms. The smallest absolute Gasteiger partial charge is 0.228 e. The molecule has 0 aromatic heterocycles. The van der Waals surface area contributed by atoms with Crippen molar-refractivity contribution in [2.75, 3.05) is 19.6 Å². The number of carbonyl (C=O) groups is 2. The van der Waals surface area contributed by atoms with Crippen LogP contribution in [-0.2, 0) is 16.0 Å². The molecular formula is C24H30N2O2. The maximum absolute atomic E-state index is 13.1. The average Bonchev–Trinajstić information content (AvgIpc) is 2.74. The van der Waals surface area contributed by atoms with Gasteiger partial charge in [-0.25, -0.2) is 0 Å². The molecule has 3 rings (SSSR count). The lowest BCUT2D eigenvalue weighted by Gasteiger charge is -2.42. The number of hydrogen-bond donors (Lipinski definition) is 1. The fraction of sp³-hybridized carbons (Fsp3) is 0.417. The zero-order chi connectivity index (χ0) is 20.0. The van der Waals surface area contributed by atoms with Crippen LogP contribution < -0.4 is 5.32 Å². The molecule has 1 atom stereocenters. The largest absolute Gasteiger partial charge is 0.356 e. The summed E-state index contributed by atoms with van der Waals surface area (Å²) in [5.74, 6) is 0.195. The normalized spacial score (nSPS) is 19.3. The monoisotopic (exact) mass is 378 g/mol. The highest BCUT2D eigenvalue weighted by Gasteiger charge is 2.43. The average molecular weight is 379 g/mol. The molecule has 0 radical (unpaired) electrons. The Labute approximate surface area is 167 Å². The summed E-state index contributed by atoms with van der Waals surface area (Å²) < 4.78 is 0. The first-order valence-corrected chi connectivity index (χ1v) is 10.3. The van der Waals surface area contributed by atoms with Gasteiger partial charge >= 0.3 is 0 Å². The van der Waals surface area contributed by atoms with Crippen molar-refractivity contribution in [2.24, 2.45) is 5.41 Å². The number of hydrogen-bond acceptors (Lipinski definition) is 2. The van der Waals surface area contributed by atoms with Crippen LogP contribution in [0.3, 0.4) is 0 Å². The minimum atomic E-state index is -0.561. The summed E-state index contributed by atoms with van der Waals surface area (Å²) >= 11 is 0. The second-order valence-corrected chi connectivity index (χ2v) is 7.66. The van der Waals surface area contributed by atoms with E-state index in [0.29, 0.717) is 25.9 Å². The Morgan fingerprint density at radius 3 is 2.50 bits per heavy atom. The van der Waals surface area contributed by atoms with Crippen molar-refractivity contribution in [2.45, 2.75) is 39.5 Å². The fourth-order valence-electron chi connectivity index (χ4n) is 4.21. The molecule has 148 valence electrons. The topological polar surface area (TPSA) is 49.4 Å². The highest BCUT2D eigenvalue weighted by atomic mass is 16.2. The maximum Gasteiger partial charge on any atom is 0.228 e. The first-order chi connectivity index (χ1) is 13.6. The van der Waals surface area contributed by atoms with E-state index in [1.807, 2.05) is 36.9 Å². The van der Waals surface area contributed by atoms with Crippen molar-refractivity contribution in [3.05, 3.63) is 60.2 Å². The van der Waals surface area contributed by atoms with Crippen molar-refractivity contribution in [3.8, 4) is 11.1 Å². The molecule has 2 aromatic carbocycles. The van der Waals surface area contributed by atoms with Crippen LogP contribution >= 0.6 is 0 Å². The Balaban J connectivity index is 1.90. The Morgan fingerprint density at radius 2 is 1.79 bits per heavy atom. The molecular weight excluding hydrogens is 348 g/mol. The number of benzene rings is 2. The standard InChI is InChI=1S/C24H30N2O2/c1-3-22(27)26-15-9-14-24(18-26,23(28)25-4-2)17-19-10-8-13-21(16-19)20-11-6-5-7-12-20/h5-8,10-13,16H,3-4,9,14-15,17-18H2,1-2H3,(H,25,28). The Kier molecular flexibility index (Phi) is 6.50. The molecule has 2 aromatic rings. The van der Waals surface area contributed by atoms with Gasteiger partial charge in [-0.3, -0.25) is 9.59 Å². The summed E-state index contributed by atoms with van der Waals surface area (Å²) in [6, 6.07) is 18.7. The van der Waals surface area contributed by atoms with Gasteiger partial charge in [-0.1, -0.05) is 61.5 Å². The lowest BCUT2D eigenvalue weighted by atomic mass is 9.74. The van der Waals surface area contributed by atoms with Crippen LogP contribution in [0.5, 0.6) is 0 Å². The van der Waals surface area contributed by atoms with E-state index >= 15 is 0 Å². The molecule has 1 unspecified atom stereocenters. The zero-order valence-corrected chi connectivity index (χ0v) is 16.9. The second-order valence-electron chi connectivity index (χ2n) is 7.66. The van der Waals surface area contributed by atoms with E-state index in [9.17, 15) is 9.59 Å². The zero-order valence-electron chi connectivity index (χ0n) is 16.9. The van der Waals surface area contributed by atoms with Gasteiger partial charge in [0.25, 0.3) is 0 Å². The van der Waals surface area contributed by atoms with E-state index in [4.69, 9.17) is 0 Å². The van der Waals surface area contributed by atoms with Gasteiger partial charge in [-0.15, -0.1) is 0 Å². The van der Waals surface area contributed by atoms with Crippen LogP contribution in [0.4, 0.5) is 0 Å². The molecule has 1 aliphatic rings. The summed E-state index contributed by atoms with van der Waals surface area (Å²) in [5.41, 5.74) is 2.90. The van der Waals surface area contributed by atoms with Gasteiger partial charge in [0, 0.05) is 26.1 Å². The molecule has 0 bridgehead atoms. The van der Waals surface area contributed by atoms with Crippen LogP contribution in [0, 0.1) is 5.41 Å². The summed E-state index contributed by atoms with van der Waals surface area (Å²) in [6.45, 7) is 5.68. The second kappa shape index (κ2) is 9.05. The molecule has 0 aliphatic carbocycles. The quantitative estimate of drug-likeness (QED) is 0.824. The predicted molar refractivity (Wildman–Crippen MR) is 113 cm³/mol. The highest BCUT2D eigenvalue weighted by Crippen LogP contribution is 2.35. The third kappa shape index (κ3) is 4.44. The summed E-state index contributed by atoms with van der Waals surface area (Å²) in [5, 5.41) is 3.02. The van der Waals surface area contributed by atoms with E-state index in [1.54, 1.807) is 0 Å². The van der Waals surface area contributed by atoms with Crippen LogP contribution in [-0.4, -0.2) is 36.3 Å². The van der Waals surface area contributed by atoms with Crippen molar-refractivity contribution < 1.29 is 9.59 Å². The number of nitrogens with one attached hydrogen (secondary N) is 1. The number of likely N-dealkylation sites (tertiary alicyclic amines) is 1. The van der Waals surface area contributed by atoms with Crippen LogP contribution in [0.1, 0.15) is 38.7 Å². The lowest BCUT2D eigenvalue weighted by molar-refractivity contribution is -0.141. The number of rotatable bonds is 6. The van der Waals surface area contributed by atoms with Gasteiger partial charge in [0.1, 0.15) is 0 Å². The van der Waals surface area contributed by atoms with Crippen molar-refractivity contribution >= 4 is 11.8 Å². The highest BCUT2D eigenvalue weighted by molar-refractivity contribution is 5.85. The number of amides is 2. The number of carbonyl (C=O) groups excluding carboxylic acids is 2. The summed E-state index contributed by atoms with van der Waals surface area (Å²) in [7, 11) is 0. The molecule has 1 saturated heterocycles. The van der Waals surface area contributed by atoms with Gasteiger partial charge in [-0.05, 0) is 42.9 Å². The van der Waals surface area contributed by atoms with Gasteiger partial charge < -0.3 is 10.2 Å². The first kappa shape index (κ1) is 20.1. The van der Waals surface area contributed by atoms with Crippen LogP contribution in [0.15, 0.2) is 54.6 Å². The summed E-state index contributed by atoms with van der Waals surface area (Å²) in [4.78, 5) is 27.3. The molecule has 0 saturated carbocycles. The minimum Gasteiger partial charge on any atom is -0.356 e. The molecule has 4 nitrogen and oxygen atoms in total. The fourth-order valence-corrected chi connectivity index (χ4v) is 4.21. The van der Waals surface area contributed by atoms with Gasteiger partial charge in [0.05, 0.1) is 5.41 Å². The van der Waals surface area contributed by atoms with Crippen molar-refractivity contribution in [1.82, 2.24) is 10.2 Å². The minimum absolute atomic E-state index is 0.0636. The van der Waals surface area contributed by atoms with Gasteiger partial charge in [-0.2, -0.15) is 0 Å². The first-order valence-electron chi connectivity index (χ1n) is 10.3. The van der Waals surface area contributed by atoms with Crippen molar-refractivity contribution in [1.29, 1.82) is 0 Å². The molecule has 1 fully saturated rings. The van der Waals surface area contributed by atoms with Crippen LogP contribution in [0.25, 0.3) is 11.1 Å². The van der Waals surface area contributed by atoms with E-state index in [-0.39, 0.29) is 11.8 Å². The third-order valence-corrected chi connectivity index (χ3v) is 5.63. The molecule has 1 N–H and O–H groups in total. The third-order valence-electron chi connectivity index (χ3n) is 5.63. The van der Waals surface area contributed by atoms with Gasteiger partial charge in [0.15, 0.2) is 0 Å². The molecule has 1 heterocycles. The summed E-state index contributed by atoms with van der Waals surface area (Å²) in [6.07, 6.45) is 2.80. The van der Waals surface area contributed by atoms with Gasteiger partial charge in [0.2, 0.25) is 11.8 Å². The van der Waals surface area contributed by atoms with E-state index in [0.717, 1.165) is 30.5 Å². The molecule has 1 aliphatic heterocycles. The Morgan fingerprint density at radius 1 is 1.04 bits per heavy atom. The van der Waals surface area contributed by atoms with Crippen molar-refractivity contribution in [3.63, 3.8) is 0 Å².